The summed E-state index contributed by atoms with van der Waals surface area (Å²) in [5.74, 6) is -0.191. The molecule has 0 radical (unpaired) electrons. The minimum absolute atomic E-state index is 0.191. The van der Waals surface area contributed by atoms with Crippen molar-refractivity contribution >= 4 is 5.69 Å². The molecule has 0 spiro atoms. The van der Waals surface area contributed by atoms with Gasteiger partial charge in [0.15, 0.2) is 0 Å². The Morgan fingerprint density at radius 2 is 1.75 bits per heavy atom. The highest BCUT2D eigenvalue weighted by atomic mass is 19.1. The van der Waals surface area contributed by atoms with Crippen molar-refractivity contribution in [3.63, 3.8) is 0 Å². The van der Waals surface area contributed by atoms with Gasteiger partial charge in [0.25, 0.3) is 0 Å². The molecule has 20 heavy (non-hydrogen) atoms. The van der Waals surface area contributed by atoms with Crippen molar-refractivity contribution in [1.29, 1.82) is 0 Å². The summed E-state index contributed by atoms with van der Waals surface area (Å²) in [4.78, 5) is 2.19. The first-order valence-electron chi connectivity index (χ1n) is 6.95. The summed E-state index contributed by atoms with van der Waals surface area (Å²) < 4.78 is 12.9. The molecule has 3 heteroatoms. The second-order valence-corrected chi connectivity index (χ2v) is 4.89. The Morgan fingerprint density at radius 3 is 2.45 bits per heavy atom. The average molecular weight is 272 g/mol. The first-order chi connectivity index (χ1) is 9.70. The number of nitrogens with one attached hydrogen (secondary N) is 1. The van der Waals surface area contributed by atoms with Gasteiger partial charge in [0, 0.05) is 25.8 Å². The number of halogens is 1. The molecule has 0 unspecified atom stereocenters. The number of rotatable bonds is 6. The first kappa shape index (κ1) is 14.5. The predicted molar refractivity (Wildman–Crippen MR) is 82.3 cm³/mol. The van der Waals surface area contributed by atoms with Crippen LogP contribution in [-0.2, 0) is 13.1 Å². The third-order valence-corrected chi connectivity index (χ3v) is 3.30. The van der Waals surface area contributed by atoms with E-state index in [9.17, 15) is 4.39 Å². The van der Waals surface area contributed by atoms with E-state index in [-0.39, 0.29) is 5.82 Å². The second kappa shape index (κ2) is 7.06. The lowest BCUT2D eigenvalue weighted by Gasteiger charge is -2.23. The van der Waals surface area contributed by atoms with Gasteiger partial charge >= 0.3 is 0 Å². The third kappa shape index (κ3) is 3.81. The van der Waals surface area contributed by atoms with Gasteiger partial charge in [-0.2, -0.15) is 0 Å². The van der Waals surface area contributed by atoms with Crippen molar-refractivity contribution in [3.05, 3.63) is 65.5 Å². The Morgan fingerprint density at radius 1 is 1.05 bits per heavy atom. The van der Waals surface area contributed by atoms with Gasteiger partial charge in [-0.25, -0.2) is 4.39 Å². The molecule has 0 atom stereocenters. The number of benzene rings is 2. The molecule has 0 aliphatic heterocycles. The Balaban J connectivity index is 2.12. The van der Waals surface area contributed by atoms with Crippen LogP contribution in [0.5, 0.6) is 0 Å². The summed E-state index contributed by atoms with van der Waals surface area (Å²) in [5.41, 5.74) is 3.59. The van der Waals surface area contributed by atoms with E-state index in [1.165, 1.54) is 23.4 Å². The van der Waals surface area contributed by atoms with Crippen LogP contribution < -0.4 is 10.2 Å². The highest BCUT2D eigenvalue weighted by molar-refractivity contribution is 5.53. The van der Waals surface area contributed by atoms with E-state index in [0.29, 0.717) is 0 Å². The summed E-state index contributed by atoms with van der Waals surface area (Å²) in [7, 11) is 2.06. The van der Waals surface area contributed by atoms with E-state index in [2.05, 4.69) is 42.4 Å². The molecule has 0 bridgehead atoms. The van der Waals surface area contributed by atoms with Crippen LogP contribution in [0.3, 0.4) is 0 Å². The fourth-order valence-electron chi connectivity index (χ4n) is 2.24. The molecule has 0 aliphatic rings. The Kier molecular flexibility index (Phi) is 5.13. The van der Waals surface area contributed by atoms with Crippen molar-refractivity contribution < 1.29 is 4.39 Å². The predicted octanol–water partition coefficient (Wildman–Crippen LogP) is 3.57. The molecule has 2 aromatic rings. The molecule has 0 amide bonds. The fourth-order valence-corrected chi connectivity index (χ4v) is 2.24. The van der Waals surface area contributed by atoms with Crippen molar-refractivity contribution in [2.75, 3.05) is 18.5 Å². The van der Waals surface area contributed by atoms with Crippen LogP contribution in [0.25, 0.3) is 0 Å². The lowest BCUT2D eigenvalue weighted by molar-refractivity contribution is 0.627. The molecule has 0 aromatic heterocycles. The zero-order valence-corrected chi connectivity index (χ0v) is 12.1. The molecule has 2 aromatic carbocycles. The van der Waals surface area contributed by atoms with E-state index in [1.54, 1.807) is 0 Å². The number of nitrogens with zero attached hydrogens (tertiary/aromatic N) is 1. The molecule has 2 nitrogen and oxygen atoms in total. The van der Waals surface area contributed by atoms with Crippen LogP contribution >= 0.6 is 0 Å². The molecule has 1 N–H and O–H groups in total. The van der Waals surface area contributed by atoms with E-state index in [1.807, 2.05) is 18.2 Å². The number of anilines is 1. The van der Waals surface area contributed by atoms with Gasteiger partial charge in [-0.1, -0.05) is 37.3 Å². The Labute approximate surface area is 120 Å². The molecule has 0 saturated carbocycles. The highest BCUT2D eigenvalue weighted by Gasteiger charge is 2.07. The maximum absolute atomic E-state index is 12.9. The minimum atomic E-state index is -0.191. The maximum Gasteiger partial charge on any atom is 0.123 e. The van der Waals surface area contributed by atoms with Gasteiger partial charge in [0.2, 0.25) is 0 Å². The molecule has 2 rings (SSSR count). The van der Waals surface area contributed by atoms with Crippen molar-refractivity contribution in [3.8, 4) is 0 Å². The molecular formula is C17H21FN2. The summed E-state index contributed by atoms with van der Waals surface area (Å²) in [6.07, 6.45) is 0. The van der Waals surface area contributed by atoms with E-state index in [4.69, 9.17) is 0 Å². The SMILES string of the molecule is CCNCc1ccccc1N(C)Cc1ccc(F)cc1. The quantitative estimate of drug-likeness (QED) is 0.865. The van der Waals surface area contributed by atoms with Crippen LogP contribution in [0.4, 0.5) is 10.1 Å². The smallest absolute Gasteiger partial charge is 0.123 e. The Hall–Kier alpha value is -1.87. The van der Waals surface area contributed by atoms with E-state index < -0.39 is 0 Å². The van der Waals surface area contributed by atoms with Gasteiger partial charge in [0.1, 0.15) is 5.82 Å². The topological polar surface area (TPSA) is 15.3 Å². The maximum atomic E-state index is 12.9. The fraction of sp³-hybridized carbons (Fsp3) is 0.294. The van der Waals surface area contributed by atoms with E-state index in [0.717, 1.165) is 25.2 Å². The minimum Gasteiger partial charge on any atom is -0.370 e. The van der Waals surface area contributed by atoms with Gasteiger partial charge in [-0.15, -0.1) is 0 Å². The zero-order chi connectivity index (χ0) is 14.4. The largest absolute Gasteiger partial charge is 0.370 e. The van der Waals surface area contributed by atoms with Crippen LogP contribution in [0.15, 0.2) is 48.5 Å². The summed E-state index contributed by atoms with van der Waals surface area (Å²) in [6.45, 7) is 4.69. The normalized spacial score (nSPS) is 10.6. The molecule has 0 fully saturated rings. The molecular weight excluding hydrogens is 251 g/mol. The third-order valence-electron chi connectivity index (χ3n) is 3.30. The summed E-state index contributed by atoms with van der Waals surface area (Å²) in [5, 5.41) is 3.35. The van der Waals surface area contributed by atoms with Crippen LogP contribution in [0, 0.1) is 5.82 Å². The monoisotopic (exact) mass is 272 g/mol. The lowest BCUT2D eigenvalue weighted by atomic mass is 10.1. The molecule has 0 heterocycles. The van der Waals surface area contributed by atoms with Crippen LogP contribution in [0.2, 0.25) is 0 Å². The highest BCUT2D eigenvalue weighted by Crippen LogP contribution is 2.21. The van der Waals surface area contributed by atoms with Gasteiger partial charge < -0.3 is 10.2 Å². The molecule has 0 saturated heterocycles. The standard InChI is InChI=1S/C17H21FN2/c1-3-19-12-15-6-4-5-7-17(15)20(2)13-14-8-10-16(18)11-9-14/h4-11,19H,3,12-13H2,1-2H3. The van der Waals surface area contributed by atoms with Crippen LogP contribution in [-0.4, -0.2) is 13.6 Å². The zero-order valence-electron chi connectivity index (χ0n) is 12.1. The van der Waals surface area contributed by atoms with E-state index >= 15 is 0 Å². The van der Waals surface area contributed by atoms with Gasteiger partial charge in [-0.05, 0) is 35.9 Å². The Bertz CT molecular complexity index is 537. The van der Waals surface area contributed by atoms with Crippen molar-refractivity contribution in [2.24, 2.45) is 0 Å². The van der Waals surface area contributed by atoms with Gasteiger partial charge in [0.05, 0.1) is 0 Å². The first-order valence-corrected chi connectivity index (χ1v) is 6.95. The van der Waals surface area contributed by atoms with Crippen LogP contribution in [0.1, 0.15) is 18.1 Å². The lowest BCUT2D eigenvalue weighted by Crippen LogP contribution is -2.20. The molecule has 0 aliphatic carbocycles. The summed E-state index contributed by atoms with van der Waals surface area (Å²) in [6, 6.07) is 15.0. The summed E-state index contributed by atoms with van der Waals surface area (Å²) >= 11 is 0. The van der Waals surface area contributed by atoms with Crippen molar-refractivity contribution in [1.82, 2.24) is 5.32 Å². The van der Waals surface area contributed by atoms with Gasteiger partial charge in [-0.3, -0.25) is 0 Å². The second-order valence-electron chi connectivity index (χ2n) is 4.89. The number of hydrogen-bond acceptors (Lipinski definition) is 2. The van der Waals surface area contributed by atoms with Crippen molar-refractivity contribution in [2.45, 2.75) is 20.0 Å². The number of para-hydroxylation sites is 1. The average Bonchev–Trinajstić information content (AvgIpc) is 2.47. The number of hydrogen-bond donors (Lipinski definition) is 1. The molecule has 106 valence electrons.